The molecule has 0 amide bonds. The second-order valence-corrected chi connectivity index (χ2v) is 16.2. The van der Waals surface area contributed by atoms with Crippen molar-refractivity contribution in [3.8, 4) is 0 Å². The number of fused-ring (bicyclic) bond motifs is 5. The molecule has 5 aliphatic rings. The topological polar surface area (TPSA) is 99.4 Å². The van der Waals surface area contributed by atoms with Crippen molar-refractivity contribution in [2.75, 3.05) is 13.2 Å². The van der Waals surface area contributed by atoms with E-state index in [1.165, 1.54) is 57.8 Å². The summed E-state index contributed by atoms with van der Waals surface area (Å²) in [5.74, 6) is 3.84. The van der Waals surface area contributed by atoms with Crippen molar-refractivity contribution in [1.82, 2.24) is 0 Å². The molecule has 1 saturated heterocycles. The minimum absolute atomic E-state index is 0.294. The zero-order chi connectivity index (χ0) is 29.1. The Morgan fingerprint density at radius 1 is 0.850 bits per heavy atom. The number of hydrogen-bond donors (Lipinski definition) is 4. The first kappa shape index (κ1) is 31.2. The van der Waals surface area contributed by atoms with Crippen molar-refractivity contribution in [2.24, 2.45) is 52.3 Å². The molecule has 232 valence electrons. The van der Waals surface area contributed by atoms with Crippen molar-refractivity contribution in [3.63, 3.8) is 0 Å². The van der Waals surface area contributed by atoms with Gasteiger partial charge in [0.05, 0.1) is 12.2 Å². The van der Waals surface area contributed by atoms with E-state index >= 15 is 0 Å². The van der Waals surface area contributed by atoms with Gasteiger partial charge in [0.15, 0.2) is 0 Å². The Bertz CT molecular complexity index is 880. The molecular formula is C34H60O6. The summed E-state index contributed by atoms with van der Waals surface area (Å²) >= 11 is 0. The number of ether oxygens (including phenoxy) is 2. The van der Waals surface area contributed by atoms with Gasteiger partial charge in [-0.05, 0) is 117 Å². The Labute approximate surface area is 243 Å². The van der Waals surface area contributed by atoms with Gasteiger partial charge in [-0.2, -0.15) is 0 Å². The van der Waals surface area contributed by atoms with E-state index < -0.39 is 42.9 Å². The quantitative estimate of drug-likeness (QED) is 0.287. The van der Waals surface area contributed by atoms with Crippen molar-refractivity contribution < 1.29 is 29.9 Å². The molecule has 0 aromatic heterocycles. The Hall–Kier alpha value is -0.240. The van der Waals surface area contributed by atoms with Crippen LogP contribution in [-0.2, 0) is 9.47 Å². The highest BCUT2D eigenvalue weighted by atomic mass is 16.7. The lowest BCUT2D eigenvalue weighted by atomic mass is 9.43. The van der Waals surface area contributed by atoms with Crippen LogP contribution in [0.1, 0.15) is 119 Å². The minimum atomic E-state index is -1.69. The van der Waals surface area contributed by atoms with Crippen LogP contribution in [-0.4, -0.2) is 63.3 Å². The first-order valence-electron chi connectivity index (χ1n) is 16.8. The first-order valence-corrected chi connectivity index (χ1v) is 16.8. The van der Waals surface area contributed by atoms with Gasteiger partial charge in [0.1, 0.15) is 24.9 Å². The fourth-order valence-electron chi connectivity index (χ4n) is 11.2. The third kappa shape index (κ3) is 5.13. The molecule has 0 aromatic carbocycles. The maximum atomic E-state index is 10.8. The molecule has 1 aliphatic heterocycles. The normalized spacial score (nSPS) is 51.4. The molecule has 1 heterocycles. The van der Waals surface area contributed by atoms with Gasteiger partial charge in [-0.1, -0.05) is 53.9 Å². The maximum absolute atomic E-state index is 10.8. The molecule has 4 saturated carbocycles. The van der Waals surface area contributed by atoms with E-state index in [4.69, 9.17) is 9.47 Å². The Balaban J connectivity index is 1.26. The summed E-state index contributed by atoms with van der Waals surface area (Å²) < 4.78 is 12.3. The lowest BCUT2D eigenvalue weighted by Crippen LogP contribution is -2.59. The standard InChI is InChI=1S/C34H60O6/c1-21(2)8-7-9-22(3)25-12-13-26-24-11-10-23-18-31(4,16-17-32(23,5)27(24)14-15-33(25,26)6)40-34(20-36)30(38)29(37)28(19-35)39-34/h21-30,35-38H,7-20H2,1-6H3/t22-,23+,24+,25-,26+,27+,28-,29-,30+,31+,32+,33-,34+/m1/s1. The van der Waals surface area contributed by atoms with E-state index in [0.717, 1.165) is 54.8 Å². The lowest BCUT2D eigenvalue weighted by molar-refractivity contribution is -0.329. The van der Waals surface area contributed by atoms with Crippen molar-refractivity contribution in [2.45, 2.75) is 148 Å². The van der Waals surface area contributed by atoms with Crippen molar-refractivity contribution >= 4 is 0 Å². The molecule has 5 fully saturated rings. The van der Waals surface area contributed by atoms with E-state index in [1.807, 2.05) is 0 Å². The molecule has 13 atom stereocenters. The minimum Gasteiger partial charge on any atom is -0.394 e. The molecule has 0 spiro atoms. The van der Waals surface area contributed by atoms with Gasteiger partial charge in [0, 0.05) is 0 Å². The van der Waals surface area contributed by atoms with Crippen LogP contribution in [0.2, 0.25) is 0 Å². The van der Waals surface area contributed by atoms with Gasteiger partial charge in [-0.15, -0.1) is 0 Å². The number of hydrogen-bond acceptors (Lipinski definition) is 6. The second kappa shape index (κ2) is 11.4. The van der Waals surface area contributed by atoms with Crippen LogP contribution in [0.4, 0.5) is 0 Å². The zero-order valence-corrected chi connectivity index (χ0v) is 26.3. The number of aliphatic hydroxyl groups is 4. The average molecular weight is 565 g/mol. The molecule has 40 heavy (non-hydrogen) atoms. The molecule has 0 aromatic rings. The molecule has 4 N–H and O–H groups in total. The molecule has 0 unspecified atom stereocenters. The average Bonchev–Trinajstić information content (AvgIpc) is 3.38. The molecule has 6 heteroatoms. The smallest absolute Gasteiger partial charge is 0.222 e. The van der Waals surface area contributed by atoms with Gasteiger partial charge in [-0.3, -0.25) is 0 Å². The molecule has 6 nitrogen and oxygen atoms in total. The fourth-order valence-corrected chi connectivity index (χ4v) is 11.2. The highest BCUT2D eigenvalue weighted by Crippen LogP contribution is 2.69. The largest absolute Gasteiger partial charge is 0.394 e. The molecular weight excluding hydrogens is 504 g/mol. The van der Waals surface area contributed by atoms with Crippen molar-refractivity contribution in [1.29, 1.82) is 0 Å². The van der Waals surface area contributed by atoms with E-state index in [0.29, 0.717) is 16.7 Å². The van der Waals surface area contributed by atoms with E-state index in [-0.39, 0.29) is 0 Å². The van der Waals surface area contributed by atoms with Crippen LogP contribution >= 0.6 is 0 Å². The SMILES string of the molecule is CC(C)CCC[C@@H](C)[C@H]1CC[C@H]2[C@@H]3CC[C@H]4C[C@@](C)(O[C@]5(CO)O[C@H](CO)[C@@H](O)[C@@H]5O)CC[C@]4(C)[C@H]3CC[C@]12C. The van der Waals surface area contributed by atoms with Crippen LogP contribution in [0.25, 0.3) is 0 Å². The Morgan fingerprint density at radius 2 is 1.57 bits per heavy atom. The Morgan fingerprint density at radius 3 is 2.23 bits per heavy atom. The maximum Gasteiger partial charge on any atom is 0.222 e. The van der Waals surface area contributed by atoms with Crippen molar-refractivity contribution in [3.05, 3.63) is 0 Å². The summed E-state index contributed by atoms with van der Waals surface area (Å²) in [6, 6.07) is 0. The van der Waals surface area contributed by atoms with E-state index in [2.05, 4.69) is 41.5 Å². The van der Waals surface area contributed by atoms with Gasteiger partial charge in [-0.25, -0.2) is 0 Å². The fraction of sp³-hybridized carbons (Fsp3) is 1.00. The van der Waals surface area contributed by atoms with Gasteiger partial charge >= 0.3 is 0 Å². The van der Waals surface area contributed by atoms with E-state index in [9.17, 15) is 20.4 Å². The summed E-state index contributed by atoms with van der Waals surface area (Å²) in [6.07, 6.45) is 11.4. The number of aliphatic hydroxyl groups excluding tert-OH is 4. The third-order valence-electron chi connectivity index (χ3n) is 13.5. The molecule has 0 bridgehead atoms. The van der Waals surface area contributed by atoms with Crippen LogP contribution in [0.15, 0.2) is 0 Å². The zero-order valence-electron chi connectivity index (χ0n) is 26.3. The van der Waals surface area contributed by atoms with Crippen LogP contribution in [0, 0.1) is 52.3 Å². The molecule has 5 rings (SSSR count). The summed E-state index contributed by atoms with van der Waals surface area (Å²) in [7, 11) is 0. The summed E-state index contributed by atoms with van der Waals surface area (Å²) in [5, 5.41) is 41.0. The highest BCUT2D eigenvalue weighted by molar-refractivity contribution is 5.11. The second-order valence-electron chi connectivity index (χ2n) is 16.2. The predicted molar refractivity (Wildman–Crippen MR) is 156 cm³/mol. The number of rotatable bonds is 9. The summed E-state index contributed by atoms with van der Waals surface area (Å²) in [5.41, 5.74) is 0.238. The summed E-state index contributed by atoms with van der Waals surface area (Å²) in [4.78, 5) is 0. The van der Waals surface area contributed by atoms with E-state index in [1.54, 1.807) is 0 Å². The van der Waals surface area contributed by atoms with Crippen LogP contribution in [0.3, 0.4) is 0 Å². The molecule has 4 aliphatic carbocycles. The summed E-state index contributed by atoms with van der Waals surface area (Å²) in [6.45, 7) is 13.6. The Kier molecular flexibility index (Phi) is 8.86. The van der Waals surface area contributed by atoms with Crippen LogP contribution < -0.4 is 0 Å². The van der Waals surface area contributed by atoms with Gasteiger partial charge in [0.25, 0.3) is 0 Å². The van der Waals surface area contributed by atoms with Gasteiger partial charge in [0.2, 0.25) is 5.79 Å². The van der Waals surface area contributed by atoms with Gasteiger partial charge < -0.3 is 29.9 Å². The predicted octanol–water partition coefficient (Wildman–Crippen LogP) is 5.68. The molecule has 0 radical (unpaired) electrons. The monoisotopic (exact) mass is 564 g/mol. The lowest BCUT2D eigenvalue weighted by Gasteiger charge is -2.63. The van der Waals surface area contributed by atoms with Crippen LogP contribution in [0.5, 0.6) is 0 Å². The first-order chi connectivity index (χ1) is 18.8. The highest BCUT2D eigenvalue weighted by Gasteiger charge is 2.63. The third-order valence-corrected chi connectivity index (χ3v) is 13.5.